The van der Waals surface area contributed by atoms with Gasteiger partial charge in [-0.2, -0.15) is 0 Å². The highest BCUT2D eigenvalue weighted by Crippen LogP contribution is 2.30. The van der Waals surface area contributed by atoms with Crippen LogP contribution in [0.3, 0.4) is 0 Å². The molecule has 2 nitrogen and oxygen atoms in total. The van der Waals surface area contributed by atoms with Gasteiger partial charge in [0.25, 0.3) is 0 Å². The zero-order valence-electron chi connectivity index (χ0n) is 5.48. The summed E-state index contributed by atoms with van der Waals surface area (Å²) < 4.78 is 5.13. The maximum atomic E-state index is 5.54. The van der Waals surface area contributed by atoms with Gasteiger partial charge in [0.2, 0.25) is 0 Å². The second-order valence-electron chi connectivity index (χ2n) is 2.92. The molecule has 8 heavy (non-hydrogen) atoms. The van der Waals surface area contributed by atoms with Crippen LogP contribution in [0, 0.1) is 0 Å². The lowest BCUT2D eigenvalue weighted by Gasteiger charge is -2.06. The van der Waals surface area contributed by atoms with E-state index in [-0.39, 0.29) is 11.6 Å². The number of nitrogens with two attached hydrogens (primary N) is 1. The van der Waals surface area contributed by atoms with Gasteiger partial charge in [0.05, 0.1) is 12.2 Å². The molecule has 0 aliphatic carbocycles. The second-order valence-corrected chi connectivity index (χ2v) is 2.92. The molecule has 1 saturated heterocycles. The van der Waals surface area contributed by atoms with Crippen molar-refractivity contribution in [2.75, 3.05) is 6.61 Å². The predicted molar refractivity (Wildman–Crippen MR) is 32.6 cm³/mol. The molecule has 1 heterocycles. The summed E-state index contributed by atoms with van der Waals surface area (Å²) in [6.45, 7) is 5.00. The van der Waals surface area contributed by atoms with Gasteiger partial charge in [-0.05, 0) is 20.3 Å². The van der Waals surface area contributed by atoms with E-state index in [1.54, 1.807) is 0 Å². The van der Waals surface area contributed by atoms with E-state index < -0.39 is 0 Å². The fourth-order valence-electron chi connectivity index (χ4n) is 0.922. The summed E-state index contributed by atoms with van der Waals surface area (Å²) in [5.41, 5.74) is 5.69. The van der Waals surface area contributed by atoms with E-state index in [0.29, 0.717) is 0 Å². The minimum atomic E-state index is 0.147. The first-order chi connectivity index (χ1) is 3.62. The highest BCUT2D eigenvalue weighted by Gasteiger charge is 2.39. The second kappa shape index (κ2) is 1.71. The summed E-state index contributed by atoms with van der Waals surface area (Å²) in [6.07, 6.45) is 0.993. The third-order valence-corrected chi connectivity index (χ3v) is 1.39. The Hall–Kier alpha value is -0.0800. The molecule has 0 saturated carbocycles. The Morgan fingerprint density at radius 1 is 1.88 bits per heavy atom. The van der Waals surface area contributed by atoms with E-state index >= 15 is 0 Å². The minimum Gasteiger partial charge on any atom is -0.370 e. The summed E-state index contributed by atoms with van der Waals surface area (Å²) in [6, 6.07) is 0.280. The van der Waals surface area contributed by atoms with E-state index in [1.165, 1.54) is 0 Å². The molecule has 2 heteroatoms. The molecule has 2 atom stereocenters. The van der Waals surface area contributed by atoms with E-state index in [2.05, 4.69) is 6.92 Å². The van der Waals surface area contributed by atoms with Gasteiger partial charge < -0.3 is 10.5 Å². The van der Waals surface area contributed by atoms with Gasteiger partial charge in [0.15, 0.2) is 0 Å². The van der Waals surface area contributed by atoms with Crippen LogP contribution in [0.2, 0.25) is 0 Å². The molecule has 0 bridgehead atoms. The minimum absolute atomic E-state index is 0.147. The van der Waals surface area contributed by atoms with Crippen LogP contribution in [-0.4, -0.2) is 18.2 Å². The van der Waals surface area contributed by atoms with Crippen LogP contribution in [0.15, 0.2) is 0 Å². The summed E-state index contributed by atoms with van der Waals surface area (Å²) in [5, 5.41) is 0. The molecular formula is C6H13NO. The lowest BCUT2D eigenvalue weighted by atomic mass is 10.1. The van der Waals surface area contributed by atoms with Crippen LogP contribution in [-0.2, 0) is 4.74 Å². The van der Waals surface area contributed by atoms with Crippen LogP contribution in [0.4, 0.5) is 0 Å². The zero-order chi connectivity index (χ0) is 6.20. The number of hydrogen-bond donors (Lipinski definition) is 1. The van der Waals surface area contributed by atoms with Crippen LogP contribution < -0.4 is 5.73 Å². The Morgan fingerprint density at radius 2 is 2.38 bits per heavy atom. The number of epoxide rings is 1. The molecule has 1 aliphatic heterocycles. The normalized spacial score (nSPS) is 39.4. The molecule has 0 aromatic rings. The predicted octanol–water partition coefficient (Wildman–Crippen LogP) is 0.513. The molecule has 1 aliphatic rings. The van der Waals surface area contributed by atoms with E-state index in [9.17, 15) is 0 Å². The van der Waals surface area contributed by atoms with Crippen LogP contribution in [0.5, 0.6) is 0 Å². The molecule has 0 amide bonds. The van der Waals surface area contributed by atoms with Crippen molar-refractivity contribution in [3.8, 4) is 0 Å². The Bertz CT molecular complexity index is 86.5. The van der Waals surface area contributed by atoms with Gasteiger partial charge in [-0.25, -0.2) is 0 Å². The molecule has 1 rings (SSSR count). The molecule has 0 radical (unpaired) electrons. The Balaban J connectivity index is 2.19. The van der Waals surface area contributed by atoms with Crippen LogP contribution in [0.1, 0.15) is 20.3 Å². The standard InChI is InChI=1S/C6H13NO/c1-5(7)3-6(2)4-8-6/h5H,3-4,7H2,1-2H3. The average molecular weight is 115 g/mol. The lowest BCUT2D eigenvalue weighted by molar-refractivity contribution is 0.297. The van der Waals surface area contributed by atoms with Crippen molar-refractivity contribution in [2.24, 2.45) is 5.73 Å². The number of ether oxygens (including phenoxy) is 1. The zero-order valence-corrected chi connectivity index (χ0v) is 5.48. The molecule has 1 fully saturated rings. The van der Waals surface area contributed by atoms with Gasteiger partial charge in [-0.1, -0.05) is 0 Å². The molecule has 0 aromatic heterocycles. The fraction of sp³-hybridized carbons (Fsp3) is 1.00. The first-order valence-electron chi connectivity index (χ1n) is 3.02. The third-order valence-electron chi connectivity index (χ3n) is 1.39. The summed E-state index contributed by atoms with van der Waals surface area (Å²) in [7, 11) is 0. The highest BCUT2D eigenvalue weighted by molar-refractivity contribution is 4.88. The smallest absolute Gasteiger partial charge is 0.0903 e. The van der Waals surface area contributed by atoms with Gasteiger partial charge in [-0.15, -0.1) is 0 Å². The Labute approximate surface area is 50.0 Å². The third kappa shape index (κ3) is 1.46. The number of rotatable bonds is 2. The fourth-order valence-corrected chi connectivity index (χ4v) is 0.922. The number of hydrogen-bond acceptors (Lipinski definition) is 2. The van der Waals surface area contributed by atoms with Crippen LogP contribution in [0.25, 0.3) is 0 Å². The summed E-state index contributed by atoms with van der Waals surface area (Å²) in [4.78, 5) is 0. The van der Waals surface area contributed by atoms with Crippen molar-refractivity contribution < 1.29 is 4.74 Å². The Kier molecular flexibility index (Phi) is 1.29. The largest absolute Gasteiger partial charge is 0.370 e. The average Bonchev–Trinajstić information content (AvgIpc) is 2.17. The molecular weight excluding hydrogens is 102 g/mol. The van der Waals surface area contributed by atoms with Crippen molar-refractivity contribution in [3.05, 3.63) is 0 Å². The van der Waals surface area contributed by atoms with Gasteiger partial charge in [-0.3, -0.25) is 0 Å². The van der Waals surface area contributed by atoms with E-state index in [0.717, 1.165) is 13.0 Å². The molecule has 2 N–H and O–H groups in total. The van der Waals surface area contributed by atoms with Crippen LogP contribution >= 0.6 is 0 Å². The first kappa shape index (κ1) is 6.05. The van der Waals surface area contributed by atoms with Crippen molar-refractivity contribution in [1.29, 1.82) is 0 Å². The maximum Gasteiger partial charge on any atom is 0.0903 e. The first-order valence-corrected chi connectivity index (χ1v) is 3.02. The van der Waals surface area contributed by atoms with Gasteiger partial charge in [0, 0.05) is 6.04 Å². The van der Waals surface area contributed by atoms with Crippen molar-refractivity contribution in [2.45, 2.75) is 31.9 Å². The van der Waals surface area contributed by atoms with Crippen molar-refractivity contribution in [3.63, 3.8) is 0 Å². The molecule has 0 spiro atoms. The maximum absolute atomic E-state index is 5.54. The van der Waals surface area contributed by atoms with E-state index in [4.69, 9.17) is 10.5 Å². The quantitative estimate of drug-likeness (QED) is 0.532. The SMILES string of the molecule is CC(N)CC1(C)CO1. The molecule has 48 valence electrons. The molecule has 2 unspecified atom stereocenters. The topological polar surface area (TPSA) is 38.5 Å². The lowest BCUT2D eigenvalue weighted by Crippen LogP contribution is -2.22. The summed E-state index contributed by atoms with van der Waals surface area (Å²) >= 11 is 0. The summed E-state index contributed by atoms with van der Waals surface area (Å²) in [5.74, 6) is 0. The van der Waals surface area contributed by atoms with Gasteiger partial charge in [0.1, 0.15) is 0 Å². The van der Waals surface area contributed by atoms with Crippen molar-refractivity contribution >= 4 is 0 Å². The molecule has 0 aromatic carbocycles. The Morgan fingerprint density at radius 3 is 2.50 bits per heavy atom. The van der Waals surface area contributed by atoms with Gasteiger partial charge >= 0.3 is 0 Å². The highest BCUT2D eigenvalue weighted by atomic mass is 16.6. The monoisotopic (exact) mass is 115 g/mol. The van der Waals surface area contributed by atoms with Crippen molar-refractivity contribution in [1.82, 2.24) is 0 Å². The van der Waals surface area contributed by atoms with E-state index in [1.807, 2.05) is 6.92 Å².